The molecule has 0 atom stereocenters. The van der Waals surface area contributed by atoms with Crippen LogP contribution >= 0.6 is 0 Å². The summed E-state index contributed by atoms with van der Waals surface area (Å²) < 4.78 is 8.74. The van der Waals surface area contributed by atoms with E-state index in [9.17, 15) is 9.59 Å². The van der Waals surface area contributed by atoms with Gasteiger partial charge in [-0.2, -0.15) is 0 Å². The van der Waals surface area contributed by atoms with Crippen LogP contribution in [0.15, 0.2) is 47.3 Å². The molecule has 0 radical (unpaired) electrons. The van der Waals surface area contributed by atoms with E-state index in [1.54, 1.807) is 7.05 Å². The van der Waals surface area contributed by atoms with Crippen LogP contribution in [0.1, 0.15) is 21.7 Å². The molecule has 0 spiro atoms. The van der Waals surface area contributed by atoms with E-state index in [1.807, 2.05) is 58.7 Å². The fourth-order valence-electron chi connectivity index (χ4n) is 4.12. The SMILES string of the molecule is Cc1cc(C(=O)N2CCOCC2)ccc1NCc1nnc2n(C)c(=O)c3ccccc3n12. The second kappa shape index (κ2) is 8.08. The van der Waals surface area contributed by atoms with Crippen LogP contribution in [0.5, 0.6) is 0 Å². The number of hydrogen-bond donors (Lipinski definition) is 1. The minimum atomic E-state index is -0.101. The molecule has 4 aromatic rings. The number of aromatic nitrogens is 4. The molecule has 9 heteroatoms. The van der Waals surface area contributed by atoms with Gasteiger partial charge in [0.1, 0.15) is 0 Å². The first-order valence-corrected chi connectivity index (χ1v) is 10.6. The van der Waals surface area contributed by atoms with Gasteiger partial charge in [-0.25, -0.2) is 0 Å². The Hall–Kier alpha value is -3.72. The molecule has 0 saturated carbocycles. The number of amides is 1. The highest BCUT2D eigenvalue weighted by Gasteiger charge is 2.19. The zero-order valence-electron chi connectivity index (χ0n) is 18.0. The molecule has 1 aliphatic rings. The number of hydrogen-bond acceptors (Lipinski definition) is 6. The van der Waals surface area contributed by atoms with Crippen molar-refractivity contribution in [2.45, 2.75) is 13.5 Å². The first kappa shape index (κ1) is 20.2. The fraction of sp³-hybridized carbons (Fsp3) is 0.304. The van der Waals surface area contributed by atoms with Gasteiger partial charge in [-0.15, -0.1) is 10.2 Å². The van der Waals surface area contributed by atoms with Gasteiger partial charge in [0.25, 0.3) is 11.5 Å². The number of nitrogens with one attached hydrogen (secondary N) is 1. The van der Waals surface area contributed by atoms with Crippen molar-refractivity contribution in [3.8, 4) is 0 Å². The van der Waals surface area contributed by atoms with E-state index in [0.717, 1.165) is 16.8 Å². The number of fused-ring (bicyclic) bond motifs is 3. The maximum atomic E-state index is 12.7. The number of anilines is 1. The molecule has 1 fully saturated rings. The molecule has 1 saturated heterocycles. The Kier molecular flexibility index (Phi) is 5.10. The van der Waals surface area contributed by atoms with Crippen molar-refractivity contribution in [1.82, 2.24) is 24.1 Å². The third-order valence-electron chi connectivity index (χ3n) is 5.90. The molecular formula is C23H24N6O3. The summed E-state index contributed by atoms with van der Waals surface area (Å²) in [5.41, 5.74) is 3.22. The minimum absolute atomic E-state index is 0.0267. The number of nitrogens with zero attached hydrogens (tertiary/aromatic N) is 5. The van der Waals surface area contributed by atoms with E-state index in [-0.39, 0.29) is 11.5 Å². The Morgan fingerprint density at radius 2 is 1.91 bits per heavy atom. The molecule has 0 bridgehead atoms. The van der Waals surface area contributed by atoms with Crippen LogP contribution in [0.25, 0.3) is 16.7 Å². The van der Waals surface area contributed by atoms with Gasteiger partial charge in [0.2, 0.25) is 5.78 Å². The van der Waals surface area contributed by atoms with E-state index in [2.05, 4.69) is 15.5 Å². The molecule has 3 heterocycles. The topological polar surface area (TPSA) is 93.8 Å². The molecule has 0 aliphatic carbocycles. The molecule has 164 valence electrons. The number of morpholine rings is 1. The van der Waals surface area contributed by atoms with Crippen LogP contribution in [-0.4, -0.2) is 56.3 Å². The van der Waals surface area contributed by atoms with Crippen molar-refractivity contribution in [3.05, 3.63) is 69.8 Å². The van der Waals surface area contributed by atoms with Crippen LogP contribution < -0.4 is 10.9 Å². The maximum absolute atomic E-state index is 12.7. The normalized spacial score (nSPS) is 14.2. The Morgan fingerprint density at radius 1 is 1.12 bits per heavy atom. The summed E-state index contributed by atoms with van der Waals surface area (Å²) in [5.74, 6) is 1.21. The van der Waals surface area contributed by atoms with E-state index >= 15 is 0 Å². The number of aryl methyl sites for hydroxylation is 2. The number of para-hydroxylation sites is 1. The lowest BCUT2D eigenvalue weighted by atomic mass is 10.1. The lowest BCUT2D eigenvalue weighted by Gasteiger charge is -2.27. The van der Waals surface area contributed by atoms with E-state index < -0.39 is 0 Å². The zero-order chi connectivity index (χ0) is 22.2. The van der Waals surface area contributed by atoms with Gasteiger partial charge in [-0.1, -0.05) is 12.1 Å². The van der Waals surface area contributed by atoms with Gasteiger partial charge >= 0.3 is 0 Å². The van der Waals surface area contributed by atoms with Gasteiger partial charge in [0.05, 0.1) is 30.7 Å². The highest BCUT2D eigenvalue weighted by atomic mass is 16.5. The molecule has 32 heavy (non-hydrogen) atoms. The first-order chi connectivity index (χ1) is 15.5. The lowest BCUT2D eigenvalue weighted by Crippen LogP contribution is -2.40. The quantitative estimate of drug-likeness (QED) is 0.530. The zero-order valence-corrected chi connectivity index (χ0v) is 18.0. The van der Waals surface area contributed by atoms with Gasteiger partial charge in [0, 0.05) is 31.4 Å². The summed E-state index contributed by atoms with van der Waals surface area (Å²) in [4.78, 5) is 27.2. The van der Waals surface area contributed by atoms with Crippen molar-refractivity contribution < 1.29 is 9.53 Å². The molecule has 2 aromatic heterocycles. The van der Waals surface area contributed by atoms with Crippen molar-refractivity contribution in [1.29, 1.82) is 0 Å². The van der Waals surface area contributed by atoms with Crippen LogP contribution in [0.3, 0.4) is 0 Å². The third kappa shape index (κ3) is 3.40. The predicted molar refractivity (Wildman–Crippen MR) is 121 cm³/mol. The van der Waals surface area contributed by atoms with Crippen molar-refractivity contribution in [3.63, 3.8) is 0 Å². The Labute approximate surface area is 184 Å². The van der Waals surface area contributed by atoms with Crippen LogP contribution in [0.4, 0.5) is 5.69 Å². The number of ether oxygens (including phenoxy) is 1. The molecule has 1 aliphatic heterocycles. The molecule has 1 amide bonds. The van der Waals surface area contributed by atoms with Crippen LogP contribution in [-0.2, 0) is 18.3 Å². The van der Waals surface area contributed by atoms with Gasteiger partial charge in [0.15, 0.2) is 5.82 Å². The maximum Gasteiger partial charge on any atom is 0.262 e. The Morgan fingerprint density at radius 3 is 2.69 bits per heavy atom. The molecular weight excluding hydrogens is 408 g/mol. The summed E-state index contributed by atoms with van der Waals surface area (Å²) in [6.07, 6.45) is 0. The van der Waals surface area contributed by atoms with E-state index in [4.69, 9.17) is 4.74 Å². The van der Waals surface area contributed by atoms with Crippen molar-refractivity contribution in [2.75, 3.05) is 31.6 Å². The number of benzene rings is 2. The van der Waals surface area contributed by atoms with E-state index in [1.165, 1.54) is 4.57 Å². The average molecular weight is 432 g/mol. The van der Waals surface area contributed by atoms with Gasteiger partial charge < -0.3 is 15.0 Å². The van der Waals surface area contributed by atoms with Crippen LogP contribution in [0.2, 0.25) is 0 Å². The first-order valence-electron chi connectivity index (χ1n) is 10.6. The summed E-state index contributed by atoms with van der Waals surface area (Å²) in [5, 5.41) is 12.6. The smallest absolute Gasteiger partial charge is 0.262 e. The third-order valence-corrected chi connectivity index (χ3v) is 5.90. The molecule has 9 nitrogen and oxygen atoms in total. The van der Waals surface area contributed by atoms with Crippen LogP contribution in [0, 0.1) is 6.92 Å². The summed E-state index contributed by atoms with van der Waals surface area (Å²) >= 11 is 0. The highest BCUT2D eigenvalue weighted by molar-refractivity contribution is 5.95. The molecule has 5 rings (SSSR count). The Balaban J connectivity index is 1.41. The summed E-state index contributed by atoms with van der Waals surface area (Å²) in [6.45, 7) is 4.79. The summed E-state index contributed by atoms with van der Waals surface area (Å²) in [6, 6.07) is 13.1. The number of rotatable bonds is 4. The molecule has 0 unspecified atom stereocenters. The molecule has 2 aromatic carbocycles. The summed E-state index contributed by atoms with van der Waals surface area (Å²) in [7, 11) is 1.70. The molecule has 1 N–H and O–H groups in total. The van der Waals surface area contributed by atoms with Crippen molar-refractivity contribution in [2.24, 2.45) is 7.05 Å². The second-order valence-electron chi connectivity index (χ2n) is 7.92. The van der Waals surface area contributed by atoms with Gasteiger partial charge in [-0.3, -0.25) is 18.6 Å². The average Bonchev–Trinajstić information content (AvgIpc) is 3.26. The second-order valence-corrected chi connectivity index (χ2v) is 7.92. The number of carbonyl (C=O) groups excluding carboxylic acids is 1. The van der Waals surface area contributed by atoms with Crippen molar-refractivity contribution >= 4 is 28.3 Å². The largest absolute Gasteiger partial charge is 0.378 e. The predicted octanol–water partition coefficient (Wildman–Crippen LogP) is 1.97. The Bertz CT molecular complexity index is 1380. The monoisotopic (exact) mass is 432 g/mol. The van der Waals surface area contributed by atoms with E-state index in [0.29, 0.717) is 55.4 Å². The lowest BCUT2D eigenvalue weighted by molar-refractivity contribution is 0.0303. The highest BCUT2D eigenvalue weighted by Crippen LogP contribution is 2.20. The van der Waals surface area contributed by atoms with Gasteiger partial charge in [-0.05, 0) is 42.8 Å². The number of carbonyl (C=O) groups is 1. The minimum Gasteiger partial charge on any atom is -0.378 e. The standard InChI is InChI=1S/C23H24N6O3/c1-15-13-16(21(30)28-9-11-32-12-10-28)7-8-18(15)24-14-20-25-26-23-27(2)22(31)17-5-3-4-6-19(17)29(20)23/h3-8,13,24H,9-12,14H2,1-2H3. The fourth-order valence-corrected chi connectivity index (χ4v) is 4.12.